The van der Waals surface area contributed by atoms with Gasteiger partial charge in [-0.1, -0.05) is 0 Å². The van der Waals surface area contributed by atoms with Gasteiger partial charge in [-0.15, -0.1) is 0 Å². The van der Waals surface area contributed by atoms with Crippen molar-refractivity contribution in [1.82, 2.24) is 4.98 Å². The lowest BCUT2D eigenvalue weighted by Gasteiger charge is -2.38. The molecule has 0 aliphatic heterocycles. The number of nitrogens with zero attached hydrogens (tertiary/aromatic N) is 1. The molecule has 21 heavy (non-hydrogen) atoms. The average Bonchev–Trinajstić information content (AvgIpc) is 2.49. The molecule has 1 heterocycles. The Kier molecular flexibility index (Phi) is 3.59. The van der Waals surface area contributed by atoms with Gasteiger partial charge in [0.05, 0.1) is 14.2 Å². The van der Waals surface area contributed by atoms with Gasteiger partial charge in [0.15, 0.2) is 11.5 Å². The van der Waals surface area contributed by atoms with E-state index in [-0.39, 0.29) is 5.54 Å². The van der Waals surface area contributed by atoms with Crippen molar-refractivity contribution in [1.29, 1.82) is 0 Å². The van der Waals surface area contributed by atoms with Crippen molar-refractivity contribution in [3.8, 4) is 11.5 Å². The van der Waals surface area contributed by atoms with Crippen LogP contribution in [-0.2, 0) is 0 Å². The standard InChI is InChI=1S/C16H21N3O2/c1-20-13-8-11-4-7-18-15(12(11)9-14(13)21-2)19-10-16(17)5-3-6-16/h4,7-9H,3,5-6,10,17H2,1-2H3,(H,18,19). The van der Waals surface area contributed by atoms with Crippen LogP contribution in [0.15, 0.2) is 24.4 Å². The molecule has 5 heteroatoms. The second-order valence-corrected chi connectivity index (χ2v) is 5.66. The molecule has 0 unspecified atom stereocenters. The van der Waals surface area contributed by atoms with Crippen molar-refractivity contribution in [3.63, 3.8) is 0 Å². The first-order chi connectivity index (χ1) is 10.1. The van der Waals surface area contributed by atoms with Crippen molar-refractivity contribution in [2.24, 2.45) is 5.73 Å². The molecule has 0 spiro atoms. The van der Waals surface area contributed by atoms with Gasteiger partial charge in [-0.3, -0.25) is 0 Å². The Balaban J connectivity index is 1.94. The second-order valence-electron chi connectivity index (χ2n) is 5.66. The molecule has 1 saturated carbocycles. The van der Waals surface area contributed by atoms with Crippen LogP contribution in [0.2, 0.25) is 0 Å². The van der Waals surface area contributed by atoms with Crippen molar-refractivity contribution in [3.05, 3.63) is 24.4 Å². The number of rotatable bonds is 5. The van der Waals surface area contributed by atoms with E-state index in [2.05, 4.69) is 10.3 Å². The first-order valence-corrected chi connectivity index (χ1v) is 7.19. The van der Waals surface area contributed by atoms with E-state index in [0.717, 1.165) is 41.7 Å². The lowest BCUT2D eigenvalue weighted by Crippen LogP contribution is -2.52. The fraction of sp³-hybridized carbons (Fsp3) is 0.438. The van der Waals surface area contributed by atoms with Gasteiger partial charge >= 0.3 is 0 Å². The predicted octanol–water partition coefficient (Wildman–Crippen LogP) is 2.55. The predicted molar refractivity (Wildman–Crippen MR) is 84.1 cm³/mol. The van der Waals surface area contributed by atoms with Crippen LogP contribution >= 0.6 is 0 Å². The Morgan fingerprint density at radius 3 is 2.57 bits per heavy atom. The number of ether oxygens (including phenoxy) is 2. The van der Waals surface area contributed by atoms with E-state index in [1.54, 1.807) is 20.4 Å². The van der Waals surface area contributed by atoms with Crippen LogP contribution in [0.3, 0.4) is 0 Å². The van der Waals surface area contributed by atoms with Crippen molar-refractivity contribution in [2.75, 3.05) is 26.1 Å². The summed E-state index contributed by atoms with van der Waals surface area (Å²) in [7, 11) is 3.27. The summed E-state index contributed by atoms with van der Waals surface area (Å²) < 4.78 is 10.7. The number of hydrogen-bond acceptors (Lipinski definition) is 5. The van der Waals surface area contributed by atoms with E-state index in [9.17, 15) is 0 Å². The Labute approximate surface area is 124 Å². The largest absolute Gasteiger partial charge is 0.493 e. The average molecular weight is 287 g/mol. The SMILES string of the molecule is COc1cc2ccnc(NCC3(N)CCC3)c2cc1OC. The lowest BCUT2D eigenvalue weighted by molar-refractivity contribution is 0.265. The highest BCUT2D eigenvalue weighted by Crippen LogP contribution is 2.35. The van der Waals surface area contributed by atoms with E-state index in [1.807, 2.05) is 18.2 Å². The second kappa shape index (κ2) is 5.41. The van der Waals surface area contributed by atoms with Crippen molar-refractivity contribution in [2.45, 2.75) is 24.8 Å². The summed E-state index contributed by atoms with van der Waals surface area (Å²) in [5, 5.41) is 5.46. The fourth-order valence-corrected chi connectivity index (χ4v) is 2.71. The molecule has 5 nitrogen and oxygen atoms in total. The minimum absolute atomic E-state index is 0.0829. The molecule has 3 rings (SSSR count). The summed E-state index contributed by atoms with van der Waals surface area (Å²) in [6, 6.07) is 5.88. The highest BCUT2D eigenvalue weighted by Gasteiger charge is 2.32. The van der Waals surface area contributed by atoms with Crippen LogP contribution in [0, 0.1) is 0 Å². The molecule has 1 aliphatic rings. The molecule has 1 aliphatic carbocycles. The molecule has 112 valence electrons. The van der Waals surface area contributed by atoms with E-state index < -0.39 is 0 Å². The molecule has 0 radical (unpaired) electrons. The van der Waals surface area contributed by atoms with Crippen LogP contribution in [0.5, 0.6) is 11.5 Å². The normalized spacial score (nSPS) is 16.3. The monoisotopic (exact) mass is 287 g/mol. The van der Waals surface area contributed by atoms with Gasteiger partial charge in [0.2, 0.25) is 0 Å². The third-order valence-corrected chi connectivity index (χ3v) is 4.23. The minimum atomic E-state index is -0.0829. The summed E-state index contributed by atoms with van der Waals surface area (Å²) in [5.74, 6) is 2.26. The van der Waals surface area contributed by atoms with E-state index >= 15 is 0 Å². The summed E-state index contributed by atoms with van der Waals surface area (Å²) >= 11 is 0. The third-order valence-electron chi connectivity index (χ3n) is 4.23. The lowest BCUT2D eigenvalue weighted by atomic mass is 9.78. The molecule has 0 saturated heterocycles. The highest BCUT2D eigenvalue weighted by atomic mass is 16.5. The molecule has 0 bridgehead atoms. The Hall–Kier alpha value is -2.01. The molecular weight excluding hydrogens is 266 g/mol. The first kappa shape index (κ1) is 13.9. The number of hydrogen-bond donors (Lipinski definition) is 2. The summed E-state index contributed by atoms with van der Waals surface area (Å²) in [6.07, 6.45) is 5.15. The number of benzene rings is 1. The Morgan fingerprint density at radius 1 is 1.24 bits per heavy atom. The van der Waals surface area contributed by atoms with E-state index in [1.165, 1.54) is 6.42 Å². The molecule has 2 aromatic rings. The van der Waals surface area contributed by atoms with Gasteiger partial charge < -0.3 is 20.5 Å². The van der Waals surface area contributed by atoms with Crippen LogP contribution in [0.25, 0.3) is 10.8 Å². The number of fused-ring (bicyclic) bond motifs is 1. The maximum Gasteiger partial charge on any atom is 0.161 e. The molecule has 1 aromatic carbocycles. The summed E-state index contributed by atoms with van der Waals surface area (Å²) in [5.41, 5.74) is 6.18. The maximum absolute atomic E-state index is 6.26. The van der Waals surface area contributed by atoms with E-state index in [0.29, 0.717) is 5.75 Å². The number of nitrogens with one attached hydrogen (secondary N) is 1. The van der Waals surface area contributed by atoms with E-state index in [4.69, 9.17) is 15.2 Å². The Bertz CT molecular complexity index is 653. The minimum Gasteiger partial charge on any atom is -0.493 e. The topological polar surface area (TPSA) is 69.4 Å². The molecule has 1 aromatic heterocycles. The number of pyridine rings is 1. The number of anilines is 1. The van der Waals surface area contributed by atoms with Crippen LogP contribution in [0.1, 0.15) is 19.3 Å². The molecule has 0 amide bonds. The molecule has 1 fully saturated rings. The van der Waals surface area contributed by atoms with Crippen molar-refractivity contribution >= 4 is 16.6 Å². The fourth-order valence-electron chi connectivity index (χ4n) is 2.71. The quantitative estimate of drug-likeness (QED) is 0.884. The van der Waals surface area contributed by atoms with Gasteiger partial charge in [0, 0.05) is 23.7 Å². The van der Waals surface area contributed by atoms with Gasteiger partial charge in [-0.2, -0.15) is 0 Å². The number of aromatic nitrogens is 1. The first-order valence-electron chi connectivity index (χ1n) is 7.19. The Morgan fingerprint density at radius 2 is 1.95 bits per heavy atom. The van der Waals surface area contributed by atoms with Crippen LogP contribution in [-0.4, -0.2) is 31.3 Å². The van der Waals surface area contributed by atoms with Crippen LogP contribution in [0.4, 0.5) is 5.82 Å². The van der Waals surface area contributed by atoms with Gasteiger partial charge in [0.1, 0.15) is 5.82 Å². The number of nitrogens with two attached hydrogens (primary N) is 1. The summed E-state index contributed by atoms with van der Waals surface area (Å²) in [4.78, 5) is 4.44. The smallest absolute Gasteiger partial charge is 0.161 e. The highest BCUT2D eigenvalue weighted by molar-refractivity contribution is 5.94. The van der Waals surface area contributed by atoms with Gasteiger partial charge in [-0.05, 0) is 42.8 Å². The zero-order valence-electron chi connectivity index (χ0n) is 12.5. The van der Waals surface area contributed by atoms with Crippen molar-refractivity contribution < 1.29 is 9.47 Å². The number of methoxy groups -OCH3 is 2. The van der Waals surface area contributed by atoms with Crippen LogP contribution < -0.4 is 20.5 Å². The van der Waals surface area contributed by atoms with Gasteiger partial charge in [0.25, 0.3) is 0 Å². The maximum atomic E-state index is 6.26. The molecule has 0 atom stereocenters. The zero-order valence-corrected chi connectivity index (χ0v) is 12.5. The summed E-state index contributed by atoms with van der Waals surface area (Å²) in [6.45, 7) is 0.744. The van der Waals surface area contributed by atoms with Gasteiger partial charge in [-0.25, -0.2) is 4.98 Å². The molecule has 3 N–H and O–H groups in total. The zero-order chi connectivity index (χ0) is 14.9. The third kappa shape index (κ3) is 2.61. The molecular formula is C16H21N3O2.